The summed E-state index contributed by atoms with van der Waals surface area (Å²) in [5.41, 5.74) is 0.924. The predicted molar refractivity (Wildman–Crippen MR) is 62.0 cm³/mol. The molecule has 1 aromatic rings. The van der Waals surface area contributed by atoms with Crippen LogP contribution in [0.5, 0.6) is 0 Å². The highest BCUT2D eigenvalue weighted by Crippen LogP contribution is 2.21. The van der Waals surface area contributed by atoms with E-state index < -0.39 is 6.10 Å². The third kappa shape index (κ3) is 3.30. The van der Waals surface area contributed by atoms with Gasteiger partial charge in [0.05, 0.1) is 12.1 Å². The summed E-state index contributed by atoms with van der Waals surface area (Å²) < 4.78 is 0. The van der Waals surface area contributed by atoms with Gasteiger partial charge >= 0.3 is 0 Å². The predicted octanol–water partition coefficient (Wildman–Crippen LogP) is 1.69. The molecule has 0 radical (unpaired) electrons. The zero-order chi connectivity index (χ0) is 11.3. The van der Waals surface area contributed by atoms with Gasteiger partial charge in [-0.2, -0.15) is 0 Å². The van der Waals surface area contributed by atoms with Crippen molar-refractivity contribution in [2.75, 3.05) is 7.05 Å². The molecule has 0 fully saturated rings. The molecule has 1 aromatic carbocycles. The zero-order valence-corrected chi connectivity index (χ0v) is 9.43. The van der Waals surface area contributed by atoms with Gasteiger partial charge in [0.2, 0.25) is 0 Å². The van der Waals surface area contributed by atoms with Gasteiger partial charge in [-0.25, -0.2) is 5.01 Å². The van der Waals surface area contributed by atoms with Crippen molar-refractivity contribution in [3.63, 3.8) is 0 Å². The Kier molecular flexibility index (Phi) is 4.75. The molecule has 1 rings (SSSR count). The molecule has 3 nitrogen and oxygen atoms in total. The highest BCUT2D eigenvalue weighted by atomic mass is 16.3. The van der Waals surface area contributed by atoms with Crippen LogP contribution in [0.1, 0.15) is 31.4 Å². The number of aliphatic hydroxyl groups excluding tert-OH is 1. The molecule has 3 heteroatoms. The average Bonchev–Trinajstić information content (AvgIpc) is 2.26. The number of rotatable bonds is 5. The summed E-state index contributed by atoms with van der Waals surface area (Å²) in [5.74, 6) is 5.73. The van der Waals surface area contributed by atoms with Crippen molar-refractivity contribution in [1.82, 2.24) is 5.01 Å². The first-order chi connectivity index (χ1) is 7.16. The van der Waals surface area contributed by atoms with E-state index >= 15 is 0 Å². The van der Waals surface area contributed by atoms with Gasteiger partial charge in [-0.05, 0) is 12.0 Å². The van der Waals surface area contributed by atoms with E-state index in [4.69, 9.17) is 5.84 Å². The van der Waals surface area contributed by atoms with E-state index in [0.717, 1.165) is 18.4 Å². The minimum atomic E-state index is -0.513. The molecule has 84 valence electrons. The lowest BCUT2D eigenvalue weighted by molar-refractivity contribution is 0.0570. The second-order valence-electron chi connectivity index (χ2n) is 3.88. The summed E-state index contributed by atoms with van der Waals surface area (Å²) >= 11 is 0. The second kappa shape index (κ2) is 5.85. The van der Waals surface area contributed by atoms with Crippen LogP contribution in [0.4, 0.5) is 0 Å². The van der Waals surface area contributed by atoms with E-state index in [-0.39, 0.29) is 6.04 Å². The van der Waals surface area contributed by atoms with Gasteiger partial charge in [0, 0.05) is 7.05 Å². The summed E-state index contributed by atoms with van der Waals surface area (Å²) in [6, 6.07) is 9.64. The lowest BCUT2D eigenvalue weighted by Crippen LogP contribution is -2.41. The molecule has 15 heavy (non-hydrogen) atoms. The molecule has 1 unspecified atom stereocenters. The Hall–Kier alpha value is -0.900. The number of hydrazine groups is 1. The molecule has 0 heterocycles. The van der Waals surface area contributed by atoms with E-state index in [1.807, 2.05) is 30.3 Å². The number of hydrogen-bond acceptors (Lipinski definition) is 3. The fourth-order valence-electron chi connectivity index (χ4n) is 1.75. The molecular formula is C12H20N2O. The molecule has 0 aliphatic carbocycles. The smallest absolute Gasteiger partial charge is 0.0958 e. The van der Waals surface area contributed by atoms with Gasteiger partial charge < -0.3 is 5.11 Å². The van der Waals surface area contributed by atoms with E-state index in [1.54, 1.807) is 12.1 Å². The van der Waals surface area contributed by atoms with Crippen LogP contribution in [0.25, 0.3) is 0 Å². The summed E-state index contributed by atoms with van der Waals surface area (Å²) in [7, 11) is 1.80. The molecule has 0 spiro atoms. The maximum atomic E-state index is 10.2. The van der Waals surface area contributed by atoms with Gasteiger partial charge in [0.25, 0.3) is 0 Å². The lowest BCUT2D eigenvalue weighted by atomic mass is 9.98. The Bertz CT molecular complexity index is 274. The van der Waals surface area contributed by atoms with Gasteiger partial charge in [-0.15, -0.1) is 0 Å². The molecule has 0 aliphatic heterocycles. The maximum absolute atomic E-state index is 10.2. The summed E-state index contributed by atoms with van der Waals surface area (Å²) in [5, 5.41) is 11.8. The fourth-order valence-corrected chi connectivity index (χ4v) is 1.75. The molecule has 3 N–H and O–H groups in total. The summed E-state index contributed by atoms with van der Waals surface area (Å²) in [6.45, 7) is 2.09. The van der Waals surface area contributed by atoms with Crippen molar-refractivity contribution in [1.29, 1.82) is 0 Å². The highest BCUT2D eigenvalue weighted by molar-refractivity contribution is 5.18. The van der Waals surface area contributed by atoms with E-state index in [0.29, 0.717) is 0 Å². The van der Waals surface area contributed by atoms with Crippen LogP contribution >= 0.6 is 0 Å². The Morgan fingerprint density at radius 3 is 2.40 bits per heavy atom. The van der Waals surface area contributed by atoms with Crippen molar-refractivity contribution < 1.29 is 5.11 Å². The van der Waals surface area contributed by atoms with Crippen LogP contribution in [0.3, 0.4) is 0 Å². The van der Waals surface area contributed by atoms with Crippen molar-refractivity contribution in [2.24, 2.45) is 5.84 Å². The lowest BCUT2D eigenvalue weighted by Gasteiger charge is -2.28. The topological polar surface area (TPSA) is 49.5 Å². The maximum Gasteiger partial charge on any atom is 0.0958 e. The Balaban J connectivity index is 2.76. The van der Waals surface area contributed by atoms with Crippen molar-refractivity contribution in [2.45, 2.75) is 31.9 Å². The quantitative estimate of drug-likeness (QED) is 0.572. The van der Waals surface area contributed by atoms with E-state index in [9.17, 15) is 5.11 Å². The van der Waals surface area contributed by atoms with E-state index in [1.165, 1.54) is 0 Å². The number of benzene rings is 1. The SMILES string of the molecule is CCC[C@H](C(O)c1ccccc1)N(C)N. The van der Waals surface area contributed by atoms with Gasteiger partial charge in [-0.1, -0.05) is 43.7 Å². The molecular weight excluding hydrogens is 188 g/mol. The standard InChI is InChI=1S/C12H20N2O/c1-3-7-11(14(2)13)12(15)10-8-5-4-6-9-10/h4-6,8-9,11-12,15H,3,7,13H2,1-2H3/t11-,12?/m1/s1. The normalized spacial score (nSPS) is 15.3. The molecule has 0 aromatic heterocycles. The Morgan fingerprint density at radius 2 is 1.93 bits per heavy atom. The zero-order valence-electron chi connectivity index (χ0n) is 9.43. The monoisotopic (exact) mass is 208 g/mol. The molecule has 0 aliphatic rings. The number of hydrogen-bond donors (Lipinski definition) is 2. The molecule has 0 saturated heterocycles. The van der Waals surface area contributed by atoms with Gasteiger partial charge in [-0.3, -0.25) is 5.84 Å². The van der Waals surface area contributed by atoms with Crippen LogP contribution in [-0.2, 0) is 0 Å². The third-order valence-electron chi connectivity index (χ3n) is 2.61. The Morgan fingerprint density at radius 1 is 1.33 bits per heavy atom. The number of aliphatic hydroxyl groups is 1. The van der Waals surface area contributed by atoms with Crippen LogP contribution in [0, 0.1) is 0 Å². The van der Waals surface area contributed by atoms with Crippen LogP contribution < -0.4 is 5.84 Å². The minimum absolute atomic E-state index is 0.0163. The first-order valence-electron chi connectivity index (χ1n) is 5.37. The molecule has 0 amide bonds. The number of likely N-dealkylation sites (N-methyl/N-ethyl adjacent to an activating group) is 1. The van der Waals surface area contributed by atoms with Crippen LogP contribution in [0.15, 0.2) is 30.3 Å². The second-order valence-corrected chi connectivity index (χ2v) is 3.88. The van der Waals surface area contributed by atoms with Gasteiger partial charge in [0.1, 0.15) is 0 Å². The fraction of sp³-hybridized carbons (Fsp3) is 0.500. The molecule has 0 bridgehead atoms. The highest BCUT2D eigenvalue weighted by Gasteiger charge is 2.22. The molecule has 0 saturated carbocycles. The van der Waals surface area contributed by atoms with Crippen molar-refractivity contribution >= 4 is 0 Å². The van der Waals surface area contributed by atoms with Crippen molar-refractivity contribution in [3.8, 4) is 0 Å². The first kappa shape index (κ1) is 12.2. The Labute approximate surface area is 91.5 Å². The van der Waals surface area contributed by atoms with Gasteiger partial charge in [0.15, 0.2) is 0 Å². The number of nitrogens with two attached hydrogens (primary N) is 1. The average molecular weight is 208 g/mol. The molecule has 2 atom stereocenters. The third-order valence-corrected chi connectivity index (χ3v) is 2.61. The summed E-state index contributed by atoms with van der Waals surface area (Å²) in [4.78, 5) is 0. The largest absolute Gasteiger partial charge is 0.387 e. The minimum Gasteiger partial charge on any atom is -0.387 e. The first-order valence-corrected chi connectivity index (χ1v) is 5.37. The van der Waals surface area contributed by atoms with E-state index in [2.05, 4.69) is 6.92 Å². The van der Waals surface area contributed by atoms with Crippen molar-refractivity contribution in [3.05, 3.63) is 35.9 Å². The van der Waals surface area contributed by atoms with Crippen LogP contribution in [-0.4, -0.2) is 23.2 Å². The number of nitrogens with zero attached hydrogens (tertiary/aromatic N) is 1. The summed E-state index contributed by atoms with van der Waals surface area (Å²) in [6.07, 6.45) is 1.39. The van der Waals surface area contributed by atoms with Crippen LogP contribution in [0.2, 0.25) is 0 Å².